The van der Waals surface area contributed by atoms with Gasteiger partial charge >= 0.3 is 0 Å². The summed E-state index contributed by atoms with van der Waals surface area (Å²) in [6, 6.07) is 24.7. The number of nitrogens with zero attached hydrogens (tertiary/aromatic N) is 3. The molecular weight excluding hydrogens is 614 g/mol. The van der Waals surface area contributed by atoms with Crippen LogP contribution >= 0.6 is 46.3 Å². The molecule has 0 saturated carbocycles. The van der Waals surface area contributed by atoms with E-state index in [9.17, 15) is 14.0 Å². The fraction of sp³-hybridized carbons (Fsp3) is 0.129. The van der Waals surface area contributed by atoms with E-state index in [2.05, 4.69) is 5.32 Å². The zero-order valence-electron chi connectivity index (χ0n) is 22.0. The van der Waals surface area contributed by atoms with Crippen molar-refractivity contribution in [3.05, 3.63) is 123 Å². The molecule has 0 aliphatic carbocycles. The van der Waals surface area contributed by atoms with Gasteiger partial charge in [0.1, 0.15) is 23.9 Å². The maximum absolute atomic E-state index is 13.8. The summed E-state index contributed by atoms with van der Waals surface area (Å²) in [5.74, 6) is -0.357. The van der Waals surface area contributed by atoms with E-state index in [0.717, 1.165) is 21.6 Å². The fourth-order valence-electron chi connectivity index (χ4n) is 4.84. The lowest BCUT2D eigenvalue weighted by atomic mass is 10.0. The minimum absolute atomic E-state index is 0.128. The number of amides is 2. The van der Waals surface area contributed by atoms with Crippen molar-refractivity contribution in [1.29, 1.82) is 0 Å². The van der Waals surface area contributed by atoms with Gasteiger partial charge in [0.25, 0.3) is 0 Å². The predicted molar refractivity (Wildman–Crippen MR) is 168 cm³/mol. The van der Waals surface area contributed by atoms with E-state index in [1.807, 2.05) is 60.0 Å². The van der Waals surface area contributed by atoms with Crippen molar-refractivity contribution < 1.29 is 14.0 Å². The molecule has 1 aliphatic rings. The molecule has 1 aliphatic heterocycles. The maximum atomic E-state index is 13.8. The third-order valence-electron chi connectivity index (χ3n) is 6.78. The number of aromatic nitrogens is 2. The Hall–Kier alpha value is -3.63. The third-order valence-corrected chi connectivity index (χ3v) is 9.47. The quantitative estimate of drug-likeness (QED) is 0.200. The molecule has 0 saturated heterocycles. The minimum atomic E-state index is -0.366. The first-order valence-electron chi connectivity index (χ1n) is 13.0. The van der Waals surface area contributed by atoms with Gasteiger partial charge in [-0.25, -0.2) is 9.07 Å². The van der Waals surface area contributed by atoms with E-state index >= 15 is 0 Å². The summed E-state index contributed by atoms with van der Waals surface area (Å²) in [5.41, 5.74) is 3.73. The topological polar surface area (TPSA) is 67.2 Å². The second-order valence-corrected chi connectivity index (χ2v) is 12.4. The molecule has 3 aromatic carbocycles. The van der Waals surface area contributed by atoms with Crippen LogP contribution in [0.15, 0.2) is 90.3 Å². The summed E-state index contributed by atoms with van der Waals surface area (Å²) in [5, 5.41) is 10.6. The van der Waals surface area contributed by atoms with Crippen LogP contribution in [0, 0.1) is 5.82 Å². The highest BCUT2D eigenvalue weighted by Gasteiger charge is 2.38. The van der Waals surface area contributed by atoms with Gasteiger partial charge in [-0.1, -0.05) is 65.7 Å². The molecule has 0 unspecified atom stereocenters. The zero-order chi connectivity index (χ0) is 29.2. The van der Waals surface area contributed by atoms with Gasteiger partial charge in [0, 0.05) is 17.1 Å². The molecule has 0 bridgehead atoms. The van der Waals surface area contributed by atoms with Crippen LogP contribution in [0.5, 0.6) is 0 Å². The van der Waals surface area contributed by atoms with E-state index in [4.69, 9.17) is 28.3 Å². The first-order chi connectivity index (χ1) is 20.4. The van der Waals surface area contributed by atoms with Crippen LogP contribution in [0.2, 0.25) is 10.0 Å². The summed E-state index contributed by atoms with van der Waals surface area (Å²) in [7, 11) is 0. The SMILES string of the molecule is O=C(CN1C(=O)CS[C@H](c2cccc(Cl)c2)c2c(-c3cccs3)nn(-c3ccccc3Cl)c21)NCc1ccc(F)cc1. The van der Waals surface area contributed by atoms with Crippen LogP contribution in [0.4, 0.5) is 10.2 Å². The standard InChI is InChI=1S/C31H23Cl2FN4O2S2/c32-21-6-3-5-20(15-21)30-28-29(25-9-4-14-41-25)36-38(24-8-2-1-7-23(24)33)31(28)37(27(40)18-42-30)17-26(39)35-16-19-10-12-22(34)13-11-19/h1-15,30H,16-18H2,(H,35,39)/t30-/m1/s1. The zero-order valence-corrected chi connectivity index (χ0v) is 25.1. The monoisotopic (exact) mass is 636 g/mol. The molecule has 42 heavy (non-hydrogen) atoms. The van der Waals surface area contributed by atoms with Gasteiger partial charge in [0.05, 0.1) is 26.6 Å². The number of thiophene rings is 1. The van der Waals surface area contributed by atoms with Crippen molar-refractivity contribution in [2.45, 2.75) is 11.8 Å². The number of rotatable bonds is 7. The summed E-state index contributed by atoms with van der Waals surface area (Å²) >= 11 is 16.1. The molecule has 2 amide bonds. The van der Waals surface area contributed by atoms with Gasteiger partial charge in [0.15, 0.2) is 0 Å². The van der Waals surface area contributed by atoms with Crippen molar-refractivity contribution in [2.75, 3.05) is 17.2 Å². The highest BCUT2D eigenvalue weighted by molar-refractivity contribution is 8.00. The Morgan fingerprint density at radius 3 is 2.57 bits per heavy atom. The van der Waals surface area contributed by atoms with Crippen molar-refractivity contribution >= 4 is 63.9 Å². The number of hydrogen-bond acceptors (Lipinski definition) is 5. The third kappa shape index (κ3) is 5.83. The van der Waals surface area contributed by atoms with Crippen LogP contribution in [0.25, 0.3) is 16.3 Å². The Bertz CT molecular complexity index is 1760. The lowest BCUT2D eigenvalue weighted by Crippen LogP contribution is -2.42. The van der Waals surface area contributed by atoms with E-state index < -0.39 is 0 Å². The number of halogens is 3. The van der Waals surface area contributed by atoms with Gasteiger partial charge in [-0.05, 0) is 59.0 Å². The first-order valence-corrected chi connectivity index (χ1v) is 15.7. The molecule has 0 spiro atoms. The average molecular weight is 638 g/mol. The summed E-state index contributed by atoms with van der Waals surface area (Å²) in [6.07, 6.45) is 0. The van der Waals surface area contributed by atoms with Crippen LogP contribution in [0.3, 0.4) is 0 Å². The van der Waals surface area contributed by atoms with Crippen molar-refractivity contribution in [2.24, 2.45) is 0 Å². The second kappa shape index (κ2) is 12.3. The van der Waals surface area contributed by atoms with Crippen LogP contribution in [-0.2, 0) is 16.1 Å². The number of para-hydroxylation sites is 1. The molecule has 2 aromatic heterocycles. The first kappa shape index (κ1) is 28.5. The van der Waals surface area contributed by atoms with E-state index in [-0.39, 0.29) is 41.7 Å². The van der Waals surface area contributed by atoms with Crippen molar-refractivity contribution in [3.63, 3.8) is 0 Å². The molecule has 3 heterocycles. The fourth-order valence-corrected chi connectivity index (χ4v) is 7.17. The molecule has 1 N–H and O–H groups in total. The number of anilines is 1. The van der Waals surface area contributed by atoms with Gasteiger partial charge in [-0.15, -0.1) is 23.1 Å². The highest BCUT2D eigenvalue weighted by Crippen LogP contribution is 2.49. The Morgan fingerprint density at radius 2 is 1.83 bits per heavy atom. The molecule has 0 radical (unpaired) electrons. The lowest BCUT2D eigenvalue weighted by Gasteiger charge is -2.23. The Labute approximate surface area is 260 Å². The number of benzene rings is 3. The number of fused-ring (bicyclic) bond motifs is 1. The predicted octanol–water partition coefficient (Wildman–Crippen LogP) is 7.53. The average Bonchev–Trinajstić information content (AvgIpc) is 3.62. The Morgan fingerprint density at radius 1 is 1.02 bits per heavy atom. The molecule has 0 fully saturated rings. The summed E-state index contributed by atoms with van der Waals surface area (Å²) < 4.78 is 15.0. The van der Waals surface area contributed by atoms with Gasteiger partial charge in [0.2, 0.25) is 11.8 Å². The highest BCUT2D eigenvalue weighted by atomic mass is 35.5. The minimum Gasteiger partial charge on any atom is -0.350 e. The number of carbonyl (C=O) groups is 2. The van der Waals surface area contributed by atoms with E-state index in [1.54, 1.807) is 22.9 Å². The van der Waals surface area contributed by atoms with Gasteiger partial charge in [-0.3, -0.25) is 14.5 Å². The summed E-state index contributed by atoms with van der Waals surface area (Å²) in [4.78, 5) is 29.5. The van der Waals surface area contributed by atoms with E-state index in [1.165, 1.54) is 40.1 Å². The van der Waals surface area contributed by atoms with Crippen LogP contribution < -0.4 is 10.2 Å². The molecule has 6 rings (SSSR count). The largest absolute Gasteiger partial charge is 0.350 e. The summed E-state index contributed by atoms with van der Waals surface area (Å²) in [6.45, 7) is -0.0476. The van der Waals surface area contributed by atoms with Crippen LogP contribution in [0.1, 0.15) is 21.9 Å². The second-order valence-electron chi connectivity index (χ2n) is 9.56. The number of thioether (sulfide) groups is 1. The molecule has 1 atom stereocenters. The Balaban J connectivity index is 1.49. The lowest BCUT2D eigenvalue weighted by molar-refractivity contribution is -0.123. The van der Waals surface area contributed by atoms with Gasteiger partial charge in [-0.2, -0.15) is 5.10 Å². The van der Waals surface area contributed by atoms with Crippen molar-refractivity contribution in [1.82, 2.24) is 15.1 Å². The maximum Gasteiger partial charge on any atom is 0.240 e. The van der Waals surface area contributed by atoms with Crippen molar-refractivity contribution in [3.8, 4) is 16.3 Å². The number of hydrogen-bond donors (Lipinski definition) is 1. The molecule has 6 nitrogen and oxygen atoms in total. The van der Waals surface area contributed by atoms with Gasteiger partial charge < -0.3 is 5.32 Å². The normalized spacial score (nSPS) is 14.9. The molecule has 212 valence electrons. The van der Waals surface area contributed by atoms with E-state index in [0.29, 0.717) is 27.2 Å². The van der Waals surface area contributed by atoms with Crippen LogP contribution in [-0.4, -0.2) is 33.9 Å². The smallest absolute Gasteiger partial charge is 0.240 e. The molecule has 11 heteroatoms. The number of nitrogens with one attached hydrogen (secondary N) is 1. The Kier molecular flexibility index (Phi) is 8.35. The molecule has 5 aromatic rings. The number of carbonyl (C=O) groups excluding carboxylic acids is 2. The molecular formula is C31H23Cl2FN4O2S2.